The zero-order valence-corrected chi connectivity index (χ0v) is 11.3. The minimum absolute atomic E-state index is 0.314. The molecule has 2 rings (SSSR count). The monoisotopic (exact) mass is 246 g/mol. The molecule has 0 bridgehead atoms. The number of aromatic nitrogens is 1. The molecule has 2 N–H and O–H groups in total. The zero-order chi connectivity index (χ0) is 13.1. The van der Waals surface area contributed by atoms with E-state index in [2.05, 4.69) is 29.4 Å². The quantitative estimate of drug-likeness (QED) is 0.892. The highest BCUT2D eigenvalue weighted by Crippen LogP contribution is 2.33. The van der Waals surface area contributed by atoms with Gasteiger partial charge < -0.3 is 15.2 Å². The number of anilines is 2. The maximum Gasteiger partial charge on any atom is 0.133 e. The summed E-state index contributed by atoms with van der Waals surface area (Å²) in [5.41, 5.74) is 7.55. The van der Waals surface area contributed by atoms with E-state index < -0.39 is 0 Å². The number of nitrogen functional groups attached to an aromatic ring is 1. The molecule has 18 heavy (non-hydrogen) atoms. The van der Waals surface area contributed by atoms with Crippen molar-refractivity contribution in [2.75, 3.05) is 23.7 Å². The van der Waals surface area contributed by atoms with Crippen LogP contribution < -0.4 is 10.6 Å². The lowest BCUT2D eigenvalue weighted by molar-refractivity contribution is 0.505. The molecule has 4 nitrogen and oxygen atoms in total. The van der Waals surface area contributed by atoms with Crippen LogP contribution in [0.15, 0.2) is 6.07 Å². The van der Waals surface area contributed by atoms with Crippen LogP contribution in [0.1, 0.15) is 51.3 Å². The first-order valence-corrected chi connectivity index (χ1v) is 6.84. The van der Waals surface area contributed by atoms with Crippen molar-refractivity contribution in [2.24, 2.45) is 0 Å². The van der Waals surface area contributed by atoms with Crippen molar-refractivity contribution < 1.29 is 0 Å². The predicted octanol–water partition coefficient (Wildman–Crippen LogP) is 2.90. The Kier molecular flexibility index (Phi) is 3.81. The second kappa shape index (κ2) is 5.34. The predicted molar refractivity (Wildman–Crippen MR) is 74.6 cm³/mol. The first kappa shape index (κ1) is 12.8. The van der Waals surface area contributed by atoms with Crippen LogP contribution in [0.2, 0.25) is 0 Å². The van der Waals surface area contributed by atoms with Gasteiger partial charge in [-0.05, 0) is 38.7 Å². The minimum Gasteiger partial charge on any atom is -0.396 e. The summed E-state index contributed by atoms with van der Waals surface area (Å²) in [6.45, 7) is 6.39. The molecular formula is C14H22N4. The van der Waals surface area contributed by atoms with Crippen molar-refractivity contribution in [3.63, 3.8) is 0 Å². The van der Waals surface area contributed by atoms with E-state index in [4.69, 9.17) is 5.73 Å². The normalized spacial score (nSPS) is 17.5. The van der Waals surface area contributed by atoms with Crippen LogP contribution in [0.4, 0.5) is 11.5 Å². The fourth-order valence-corrected chi connectivity index (χ4v) is 2.69. The number of nitrogens with two attached hydrogens (primary N) is 1. The van der Waals surface area contributed by atoms with E-state index >= 15 is 0 Å². The molecule has 1 aliphatic heterocycles. The topological polar surface area (TPSA) is 58.0 Å². The number of rotatable bonds is 3. The average Bonchev–Trinajstić information content (AvgIpc) is 2.75. The summed E-state index contributed by atoms with van der Waals surface area (Å²) >= 11 is 0. The summed E-state index contributed by atoms with van der Waals surface area (Å²) in [5.74, 6) is 1.06. The summed E-state index contributed by atoms with van der Waals surface area (Å²) in [6.07, 6.45) is 4.73. The van der Waals surface area contributed by atoms with E-state index in [1.807, 2.05) is 6.07 Å². The molecule has 0 amide bonds. The van der Waals surface area contributed by atoms with Crippen molar-refractivity contribution in [1.82, 2.24) is 4.57 Å². The molecule has 1 aromatic rings. The van der Waals surface area contributed by atoms with Crippen molar-refractivity contribution in [1.29, 1.82) is 5.26 Å². The number of piperidine rings is 1. The van der Waals surface area contributed by atoms with Gasteiger partial charge in [-0.2, -0.15) is 5.26 Å². The van der Waals surface area contributed by atoms with Crippen LogP contribution in [0.5, 0.6) is 0 Å². The summed E-state index contributed by atoms with van der Waals surface area (Å²) in [4.78, 5) is 2.34. The van der Waals surface area contributed by atoms with Crippen LogP contribution in [0, 0.1) is 11.3 Å². The van der Waals surface area contributed by atoms with Gasteiger partial charge in [0, 0.05) is 19.1 Å². The third-order valence-electron chi connectivity index (χ3n) is 3.84. The molecule has 1 atom stereocenters. The molecular weight excluding hydrogens is 224 g/mol. The van der Waals surface area contributed by atoms with Gasteiger partial charge in [0.05, 0.1) is 5.69 Å². The third-order valence-corrected chi connectivity index (χ3v) is 3.84. The number of hydrogen-bond acceptors (Lipinski definition) is 3. The van der Waals surface area contributed by atoms with Gasteiger partial charge in [0.15, 0.2) is 0 Å². The number of hydrogen-bond donors (Lipinski definition) is 1. The maximum absolute atomic E-state index is 9.25. The Morgan fingerprint density at radius 1 is 1.39 bits per heavy atom. The molecule has 0 radical (unpaired) electrons. The molecule has 0 aromatic carbocycles. The maximum atomic E-state index is 9.25. The molecule has 0 aliphatic carbocycles. The molecule has 1 aliphatic rings. The summed E-state index contributed by atoms with van der Waals surface area (Å²) in [7, 11) is 0. The van der Waals surface area contributed by atoms with Crippen LogP contribution in [-0.2, 0) is 0 Å². The molecule has 0 saturated carbocycles. The van der Waals surface area contributed by atoms with E-state index in [0.717, 1.165) is 31.0 Å². The first-order chi connectivity index (χ1) is 8.69. The van der Waals surface area contributed by atoms with E-state index in [1.54, 1.807) is 0 Å². The summed E-state index contributed by atoms with van der Waals surface area (Å²) < 4.78 is 2.11. The first-order valence-electron chi connectivity index (χ1n) is 6.84. The summed E-state index contributed by atoms with van der Waals surface area (Å²) in [5, 5.41) is 9.25. The molecule has 2 heterocycles. The van der Waals surface area contributed by atoms with Crippen LogP contribution in [-0.4, -0.2) is 17.7 Å². The lowest BCUT2D eigenvalue weighted by Gasteiger charge is -2.32. The van der Waals surface area contributed by atoms with Crippen molar-refractivity contribution in [3.8, 4) is 6.07 Å². The molecule has 0 spiro atoms. The Labute approximate surface area is 109 Å². The van der Waals surface area contributed by atoms with Gasteiger partial charge in [0.1, 0.15) is 17.6 Å². The number of nitriles is 1. The van der Waals surface area contributed by atoms with Gasteiger partial charge in [-0.3, -0.25) is 0 Å². The van der Waals surface area contributed by atoms with Gasteiger partial charge in [-0.15, -0.1) is 0 Å². The fraction of sp³-hybridized carbons (Fsp3) is 0.643. The molecule has 1 fully saturated rings. The van der Waals surface area contributed by atoms with Crippen LogP contribution in [0.3, 0.4) is 0 Å². The minimum atomic E-state index is 0.314. The highest BCUT2D eigenvalue weighted by atomic mass is 15.3. The SMILES string of the molecule is CCC(C)n1c(C#N)cc(N)c1N1CCCCC1. The van der Waals surface area contributed by atoms with Crippen molar-refractivity contribution in [3.05, 3.63) is 11.8 Å². The van der Waals surface area contributed by atoms with Gasteiger partial charge in [-0.1, -0.05) is 6.92 Å². The molecule has 1 saturated heterocycles. The van der Waals surface area contributed by atoms with Gasteiger partial charge in [0.2, 0.25) is 0 Å². The van der Waals surface area contributed by atoms with E-state index in [-0.39, 0.29) is 0 Å². The second-order valence-electron chi connectivity index (χ2n) is 5.10. The Morgan fingerprint density at radius 2 is 2.06 bits per heavy atom. The van der Waals surface area contributed by atoms with Gasteiger partial charge in [0.25, 0.3) is 0 Å². The lowest BCUT2D eigenvalue weighted by Crippen LogP contribution is -2.32. The van der Waals surface area contributed by atoms with E-state index in [0.29, 0.717) is 11.7 Å². The Hall–Kier alpha value is -1.63. The Balaban J connectivity index is 2.44. The Bertz CT molecular complexity index is 449. The average molecular weight is 246 g/mol. The highest BCUT2D eigenvalue weighted by Gasteiger charge is 2.22. The standard InChI is InChI=1S/C14H22N4/c1-3-11(2)18-12(10-15)9-13(16)14(18)17-7-5-4-6-8-17/h9,11H,3-8,16H2,1-2H3. The molecule has 4 heteroatoms. The lowest BCUT2D eigenvalue weighted by atomic mass is 10.1. The summed E-state index contributed by atoms with van der Waals surface area (Å²) in [6, 6.07) is 4.40. The Morgan fingerprint density at radius 3 is 2.61 bits per heavy atom. The van der Waals surface area contributed by atoms with Gasteiger partial charge in [-0.25, -0.2) is 0 Å². The molecule has 1 unspecified atom stereocenters. The smallest absolute Gasteiger partial charge is 0.133 e. The zero-order valence-electron chi connectivity index (χ0n) is 11.3. The second-order valence-corrected chi connectivity index (χ2v) is 5.10. The van der Waals surface area contributed by atoms with Crippen LogP contribution >= 0.6 is 0 Å². The van der Waals surface area contributed by atoms with Crippen molar-refractivity contribution >= 4 is 11.5 Å². The van der Waals surface area contributed by atoms with E-state index in [1.165, 1.54) is 19.3 Å². The third kappa shape index (κ3) is 2.17. The molecule has 1 aromatic heterocycles. The van der Waals surface area contributed by atoms with Crippen molar-refractivity contribution in [2.45, 2.75) is 45.6 Å². The van der Waals surface area contributed by atoms with Crippen LogP contribution in [0.25, 0.3) is 0 Å². The number of nitrogens with zero attached hydrogens (tertiary/aromatic N) is 3. The highest BCUT2D eigenvalue weighted by molar-refractivity contribution is 5.68. The molecule has 98 valence electrons. The fourth-order valence-electron chi connectivity index (χ4n) is 2.69. The van der Waals surface area contributed by atoms with E-state index in [9.17, 15) is 5.26 Å². The largest absolute Gasteiger partial charge is 0.396 e. The van der Waals surface area contributed by atoms with Gasteiger partial charge >= 0.3 is 0 Å².